The minimum absolute atomic E-state index is 0.401. The van der Waals surface area contributed by atoms with E-state index in [1.807, 2.05) is 17.7 Å². The van der Waals surface area contributed by atoms with Gasteiger partial charge in [-0.2, -0.15) is 0 Å². The molecule has 0 spiro atoms. The molecule has 2 aromatic rings. The summed E-state index contributed by atoms with van der Waals surface area (Å²) in [5.74, 6) is 0.767. The van der Waals surface area contributed by atoms with Gasteiger partial charge >= 0.3 is 0 Å². The van der Waals surface area contributed by atoms with Gasteiger partial charge in [0.05, 0.1) is 11.0 Å². The fraction of sp³-hybridized carbons (Fsp3) is 0.222. The largest absolute Gasteiger partial charge is 0.359 e. The average Bonchev–Trinajstić information content (AvgIpc) is 2.55. The Labute approximate surface area is 80.7 Å². The molecular formula is C9H10N4O. The van der Waals surface area contributed by atoms with Gasteiger partial charge in [0.1, 0.15) is 5.69 Å². The van der Waals surface area contributed by atoms with Crippen molar-refractivity contribution in [1.29, 1.82) is 0 Å². The molecule has 1 N–H and O–H groups in total. The Balaban J connectivity index is 2.72. The lowest BCUT2D eigenvalue weighted by molar-refractivity contribution is 0.952. The monoisotopic (exact) mass is 190 g/mol. The highest BCUT2D eigenvalue weighted by Gasteiger charge is 2.06. The molecule has 2 rings (SSSR count). The fourth-order valence-corrected chi connectivity index (χ4v) is 1.47. The topological polar surface area (TPSA) is 59.3 Å². The number of hydrogen-bond acceptors (Lipinski definition) is 4. The first-order valence-electron chi connectivity index (χ1n) is 4.24. The number of aryl methyl sites for hydroxylation is 1. The Hall–Kier alpha value is -1.91. The molecule has 0 atom stereocenters. The Morgan fingerprint density at radius 3 is 2.93 bits per heavy atom. The van der Waals surface area contributed by atoms with Crippen LogP contribution in [0.15, 0.2) is 23.4 Å². The quantitative estimate of drug-likeness (QED) is 0.737. The lowest BCUT2D eigenvalue weighted by atomic mass is 10.3. The van der Waals surface area contributed by atoms with Crippen LogP contribution in [-0.4, -0.2) is 16.6 Å². The first kappa shape index (κ1) is 8.68. The SMILES string of the molecule is CNc1nc2cc(N=O)ccc2n1C. The Bertz CT molecular complexity index is 489. The number of aromatic nitrogens is 2. The third kappa shape index (κ3) is 1.14. The second kappa shape index (κ2) is 3.10. The highest BCUT2D eigenvalue weighted by molar-refractivity contribution is 5.81. The summed E-state index contributed by atoms with van der Waals surface area (Å²) in [6.45, 7) is 0. The maximum absolute atomic E-state index is 10.3. The Kier molecular flexibility index (Phi) is 1.92. The zero-order chi connectivity index (χ0) is 10.1. The molecule has 1 aromatic carbocycles. The van der Waals surface area contributed by atoms with Crippen molar-refractivity contribution in [3.63, 3.8) is 0 Å². The van der Waals surface area contributed by atoms with Crippen molar-refractivity contribution in [2.45, 2.75) is 0 Å². The summed E-state index contributed by atoms with van der Waals surface area (Å²) in [6.07, 6.45) is 0. The van der Waals surface area contributed by atoms with Gasteiger partial charge in [-0.3, -0.25) is 0 Å². The van der Waals surface area contributed by atoms with Gasteiger partial charge in [-0.05, 0) is 23.4 Å². The number of imidazole rings is 1. The van der Waals surface area contributed by atoms with E-state index in [2.05, 4.69) is 15.5 Å². The first-order valence-corrected chi connectivity index (χ1v) is 4.24. The molecule has 0 radical (unpaired) electrons. The van der Waals surface area contributed by atoms with Crippen molar-refractivity contribution in [2.75, 3.05) is 12.4 Å². The number of hydrogen-bond donors (Lipinski definition) is 1. The number of nitroso groups, excluding NO2 is 1. The van der Waals surface area contributed by atoms with Crippen LogP contribution in [0.3, 0.4) is 0 Å². The van der Waals surface area contributed by atoms with Crippen LogP contribution in [0, 0.1) is 4.91 Å². The summed E-state index contributed by atoms with van der Waals surface area (Å²) in [5.41, 5.74) is 2.15. The zero-order valence-electron chi connectivity index (χ0n) is 7.98. The van der Waals surface area contributed by atoms with Crippen molar-refractivity contribution in [3.8, 4) is 0 Å². The van der Waals surface area contributed by atoms with E-state index in [0.29, 0.717) is 5.69 Å². The van der Waals surface area contributed by atoms with Crippen molar-refractivity contribution < 1.29 is 0 Å². The molecule has 0 saturated carbocycles. The predicted molar refractivity (Wildman–Crippen MR) is 55.7 cm³/mol. The maximum atomic E-state index is 10.3. The molecule has 5 nitrogen and oxygen atoms in total. The third-order valence-electron chi connectivity index (χ3n) is 2.19. The van der Waals surface area contributed by atoms with Gasteiger partial charge in [-0.1, -0.05) is 0 Å². The molecular weight excluding hydrogens is 180 g/mol. The summed E-state index contributed by atoms with van der Waals surface area (Å²) in [7, 11) is 3.72. The van der Waals surface area contributed by atoms with E-state index in [9.17, 15) is 4.91 Å². The zero-order valence-corrected chi connectivity index (χ0v) is 7.98. The number of benzene rings is 1. The second-order valence-corrected chi connectivity index (χ2v) is 3.01. The van der Waals surface area contributed by atoms with E-state index in [0.717, 1.165) is 17.0 Å². The van der Waals surface area contributed by atoms with E-state index >= 15 is 0 Å². The van der Waals surface area contributed by atoms with Gasteiger partial charge in [0.25, 0.3) is 0 Å². The molecule has 0 aliphatic heterocycles. The van der Waals surface area contributed by atoms with Gasteiger partial charge in [0.2, 0.25) is 5.95 Å². The number of fused-ring (bicyclic) bond motifs is 1. The molecule has 0 aliphatic carbocycles. The molecule has 1 heterocycles. The van der Waals surface area contributed by atoms with Crippen LogP contribution in [0.4, 0.5) is 11.6 Å². The van der Waals surface area contributed by atoms with E-state index in [-0.39, 0.29) is 0 Å². The first-order chi connectivity index (χ1) is 6.76. The van der Waals surface area contributed by atoms with Gasteiger partial charge in [-0.15, -0.1) is 4.91 Å². The summed E-state index contributed by atoms with van der Waals surface area (Å²) < 4.78 is 1.92. The van der Waals surface area contributed by atoms with Crippen molar-refractivity contribution in [1.82, 2.24) is 9.55 Å². The van der Waals surface area contributed by atoms with Crippen LogP contribution >= 0.6 is 0 Å². The van der Waals surface area contributed by atoms with Crippen molar-refractivity contribution in [2.24, 2.45) is 12.2 Å². The Morgan fingerprint density at radius 2 is 2.29 bits per heavy atom. The summed E-state index contributed by atoms with van der Waals surface area (Å²) in [4.78, 5) is 14.6. The predicted octanol–water partition coefficient (Wildman–Crippen LogP) is 2.01. The lowest BCUT2D eigenvalue weighted by Crippen LogP contribution is -1.97. The molecule has 0 unspecified atom stereocenters. The number of nitrogens with one attached hydrogen (secondary N) is 1. The van der Waals surface area contributed by atoms with Crippen LogP contribution in [0.1, 0.15) is 0 Å². The molecule has 72 valence electrons. The molecule has 0 aliphatic rings. The highest BCUT2D eigenvalue weighted by Crippen LogP contribution is 2.22. The number of nitrogens with zero attached hydrogens (tertiary/aromatic N) is 3. The highest BCUT2D eigenvalue weighted by atomic mass is 16.3. The van der Waals surface area contributed by atoms with Crippen molar-refractivity contribution >= 4 is 22.7 Å². The van der Waals surface area contributed by atoms with E-state index < -0.39 is 0 Å². The van der Waals surface area contributed by atoms with Gasteiger partial charge in [-0.25, -0.2) is 4.98 Å². The second-order valence-electron chi connectivity index (χ2n) is 3.01. The average molecular weight is 190 g/mol. The lowest BCUT2D eigenvalue weighted by Gasteiger charge is -1.98. The fourth-order valence-electron chi connectivity index (χ4n) is 1.47. The van der Waals surface area contributed by atoms with Crippen LogP contribution in [-0.2, 0) is 7.05 Å². The van der Waals surface area contributed by atoms with Gasteiger partial charge in [0, 0.05) is 14.1 Å². The van der Waals surface area contributed by atoms with E-state index in [1.54, 1.807) is 19.2 Å². The smallest absolute Gasteiger partial charge is 0.203 e. The standard InChI is InChI=1S/C9H10N4O/c1-10-9-11-7-5-6(12-14)3-4-8(7)13(9)2/h3-5H,1-2H3,(H,10,11). The van der Waals surface area contributed by atoms with E-state index in [4.69, 9.17) is 0 Å². The summed E-state index contributed by atoms with van der Waals surface area (Å²) in [5, 5.41) is 5.83. The van der Waals surface area contributed by atoms with E-state index in [1.165, 1.54) is 0 Å². The molecule has 14 heavy (non-hydrogen) atoms. The minimum atomic E-state index is 0.401. The molecule has 0 amide bonds. The number of anilines is 1. The van der Waals surface area contributed by atoms with Gasteiger partial charge < -0.3 is 9.88 Å². The van der Waals surface area contributed by atoms with Crippen LogP contribution in [0.25, 0.3) is 11.0 Å². The van der Waals surface area contributed by atoms with Crippen LogP contribution in [0.2, 0.25) is 0 Å². The molecule has 1 aromatic heterocycles. The molecule has 0 fully saturated rings. The van der Waals surface area contributed by atoms with Crippen molar-refractivity contribution in [3.05, 3.63) is 23.1 Å². The normalized spacial score (nSPS) is 10.4. The van der Waals surface area contributed by atoms with Gasteiger partial charge in [0.15, 0.2) is 0 Å². The minimum Gasteiger partial charge on any atom is -0.359 e. The maximum Gasteiger partial charge on any atom is 0.203 e. The summed E-state index contributed by atoms with van der Waals surface area (Å²) in [6, 6.07) is 5.18. The third-order valence-corrected chi connectivity index (χ3v) is 2.19. The molecule has 5 heteroatoms. The van der Waals surface area contributed by atoms with Crippen LogP contribution in [0.5, 0.6) is 0 Å². The number of rotatable bonds is 2. The summed E-state index contributed by atoms with van der Waals surface area (Å²) >= 11 is 0. The molecule has 0 saturated heterocycles. The Morgan fingerprint density at radius 1 is 1.50 bits per heavy atom. The van der Waals surface area contributed by atoms with Crippen LogP contribution < -0.4 is 5.32 Å². The molecule has 0 bridgehead atoms.